The Kier molecular flexibility index (Phi) is 7.84. The van der Waals surface area contributed by atoms with Gasteiger partial charge in [0.2, 0.25) is 5.91 Å². The molecule has 0 radical (unpaired) electrons. The van der Waals surface area contributed by atoms with Crippen molar-refractivity contribution in [1.82, 2.24) is 10.6 Å². The lowest BCUT2D eigenvalue weighted by Gasteiger charge is -2.20. The van der Waals surface area contributed by atoms with Crippen LogP contribution in [-0.2, 0) is 21.2 Å². The predicted octanol–water partition coefficient (Wildman–Crippen LogP) is 2.91. The van der Waals surface area contributed by atoms with Gasteiger partial charge in [-0.15, -0.1) is 0 Å². The van der Waals surface area contributed by atoms with Gasteiger partial charge < -0.3 is 10.6 Å². The maximum Gasteiger partial charge on any atom is 0.264 e. The molecule has 0 saturated heterocycles. The molecule has 0 aliphatic rings. The van der Waals surface area contributed by atoms with Crippen LogP contribution in [0.2, 0.25) is 0 Å². The number of hydrogen-bond donors (Lipinski definition) is 2. The van der Waals surface area contributed by atoms with Crippen LogP contribution < -0.4 is 14.9 Å². The first kappa shape index (κ1) is 24.0. The largest absolute Gasteiger partial charge is 0.354 e. The number of sulfonamides is 1. The summed E-state index contributed by atoms with van der Waals surface area (Å²) in [6.45, 7) is 2.23. The highest BCUT2D eigenvalue weighted by molar-refractivity contribution is 7.92. The number of anilines is 1. The average Bonchev–Trinajstić information content (AvgIpc) is 2.83. The molecule has 0 unspecified atom stereocenters. The zero-order valence-electron chi connectivity index (χ0n) is 18.6. The fourth-order valence-electron chi connectivity index (χ4n) is 3.15. The molecule has 3 aromatic carbocycles. The van der Waals surface area contributed by atoms with Crippen molar-refractivity contribution in [3.05, 3.63) is 95.6 Å². The van der Waals surface area contributed by atoms with Gasteiger partial charge in [-0.2, -0.15) is 0 Å². The summed E-state index contributed by atoms with van der Waals surface area (Å²) in [5, 5.41) is 5.35. The van der Waals surface area contributed by atoms with E-state index in [1.807, 2.05) is 37.3 Å². The smallest absolute Gasteiger partial charge is 0.264 e. The van der Waals surface area contributed by atoms with Crippen molar-refractivity contribution in [2.45, 2.75) is 18.2 Å². The molecule has 2 amide bonds. The van der Waals surface area contributed by atoms with Gasteiger partial charge in [-0.1, -0.05) is 48.0 Å². The van der Waals surface area contributed by atoms with Gasteiger partial charge in [-0.3, -0.25) is 13.9 Å². The number of aryl methyl sites for hydroxylation is 1. The molecule has 172 valence electrons. The predicted molar refractivity (Wildman–Crippen MR) is 129 cm³/mol. The van der Waals surface area contributed by atoms with E-state index in [1.54, 1.807) is 36.4 Å². The molecule has 0 aromatic heterocycles. The molecule has 0 atom stereocenters. The molecule has 3 rings (SSSR count). The third-order valence-electron chi connectivity index (χ3n) is 5.16. The van der Waals surface area contributed by atoms with E-state index in [0.29, 0.717) is 24.2 Å². The van der Waals surface area contributed by atoms with Crippen molar-refractivity contribution in [2.75, 3.05) is 24.4 Å². The Morgan fingerprint density at radius 2 is 1.48 bits per heavy atom. The molecule has 2 N–H and O–H groups in total. The minimum atomic E-state index is -3.71. The molecule has 0 heterocycles. The van der Waals surface area contributed by atoms with Crippen LogP contribution in [0.4, 0.5) is 5.69 Å². The van der Waals surface area contributed by atoms with Gasteiger partial charge in [-0.25, -0.2) is 8.42 Å². The number of carbonyl (C=O) groups is 2. The first-order valence-corrected chi connectivity index (χ1v) is 12.0. The van der Waals surface area contributed by atoms with Gasteiger partial charge in [0, 0.05) is 19.2 Å². The zero-order chi connectivity index (χ0) is 23.8. The first-order valence-electron chi connectivity index (χ1n) is 10.5. The lowest BCUT2D eigenvalue weighted by molar-refractivity contribution is -0.120. The van der Waals surface area contributed by atoms with Crippen molar-refractivity contribution in [3.63, 3.8) is 0 Å². The Labute approximate surface area is 194 Å². The molecular weight excluding hydrogens is 438 g/mol. The second-order valence-corrected chi connectivity index (χ2v) is 9.57. The molecule has 7 nitrogen and oxygen atoms in total. The van der Waals surface area contributed by atoms with Crippen molar-refractivity contribution < 1.29 is 18.0 Å². The molecule has 0 spiro atoms. The van der Waals surface area contributed by atoms with Crippen molar-refractivity contribution in [3.8, 4) is 0 Å². The molecule has 3 aromatic rings. The van der Waals surface area contributed by atoms with Gasteiger partial charge in [0.05, 0.1) is 17.1 Å². The van der Waals surface area contributed by atoms with E-state index in [2.05, 4.69) is 10.6 Å². The standard InChI is InChI=1S/C25H27N3O4S/c1-19-8-14-23(15-9-19)33(31,32)28(2)22-12-10-21(11-13-22)25(30)27-18-24(29)26-17-16-20-6-4-3-5-7-20/h3-15H,16-18H2,1-2H3,(H,26,29)(H,27,30). The number of hydrogen-bond acceptors (Lipinski definition) is 4. The van der Waals surface area contributed by atoms with E-state index >= 15 is 0 Å². The summed E-state index contributed by atoms with van der Waals surface area (Å²) < 4.78 is 26.8. The van der Waals surface area contributed by atoms with Crippen LogP contribution in [0, 0.1) is 6.92 Å². The van der Waals surface area contributed by atoms with E-state index in [9.17, 15) is 18.0 Å². The van der Waals surface area contributed by atoms with Crippen LogP contribution in [0.3, 0.4) is 0 Å². The summed E-state index contributed by atoms with van der Waals surface area (Å²) in [5.74, 6) is -0.691. The Morgan fingerprint density at radius 1 is 0.848 bits per heavy atom. The van der Waals surface area contributed by atoms with E-state index in [-0.39, 0.29) is 17.3 Å². The number of benzene rings is 3. The second kappa shape index (κ2) is 10.8. The molecule has 0 aliphatic heterocycles. The van der Waals surface area contributed by atoms with Crippen LogP contribution in [0.5, 0.6) is 0 Å². The van der Waals surface area contributed by atoms with E-state index in [1.165, 1.54) is 23.5 Å². The van der Waals surface area contributed by atoms with Gasteiger partial charge in [0.1, 0.15) is 0 Å². The highest BCUT2D eigenvalue weighted by Crippen LogP contribution is 2.22. The van der Waals surface area contributed by atoms with Gasteiger partial charge in [0.15, 0.2) is 0 Å². The summed E-state index contributed by atoms with van der Waals surface area (Å²) in [6.07, 6.45) is 0.709. The minimum Gasteiger partial charge on any atom is -0.354 e. The number of amides is 2. The summed E-state index contributed by atoms with van der Waals surface area (Å²) in [6, 6.07) is 22.6. The Bertz CT molecular complexity index is 1190. The highest BCUT2D eigenvalue weighted by Gasteiger charge is 2.21. The SMILES string of the molecule is Cc1ccc(S(=O)(=O)N(C)c2ccc(C(=O)NCC(=O)NCCc3ccccc3)cc2)cc1. The number of rotatable bonds is 9. The van der Waals surface area contributed by atoms with Gasteiger partial charge in [-0.05, 0) is 55.3 Å². The fraction of sp³-hybridized carbons (Fsp3) is 0.200. The van der Waals surface area contributed by atoms with E-state index < -0.39 is 15.9 Å². The minimum absolute atomic E-state index is 0.142. The van der Waals surface area contributed by atoms with Crippen LogP contribution in [0.25, 0.3) is 0 Å². The van der Waals surface area contributed by atoms with Gasteiger partial charge in [0.25, 0.3) is 15.9 Å². The van der Waals surface area contributed by atoms with Gasteiger partial charge >= 0.3 is 0 Å². The number of nitrogens with one attached hydrogen (secondary N) is 2. The summed E-state index contributed by atoms with van der Waals surface area (Å²) in [5.41, 5.74) is 2.84. The molecular formula is C25H27N3O4S. The molecule has 0 bridgehead atoms. The quantitative estimate of drug-likeness (QED) is 0.508. The fourth-order valence-corrected chi connectivity index (χ4v) is 4.34. The highest BCUT2D eigenvalue weighted by atomic mass is 32.2. The summed E-state index contributed by atoms with van der Waals surface area (Å²) >= 11 is 0. The summed E-state index contributed by atoms with van der Waals surface area (Å²) in [7, 11) is -2.25. The van der Waals surface area contributed by atoms with E-state index in [4.69, 9.17) is 0 Å². The monoisotopic (exact) mass is 465 g/mol. The Morgan fingerprint density at radius 3 is 2.12 bits per heavy atom. The van der Waals surface area contributed by atoms with E-state index in [0.717, 1.165) is 11.1 Å². The molecule has 33 heavy (non-hydrogen) atoms. The maximum absolute atomic E-state index is 12.8. The van der Waals surface area contributed by atoms with Crippen molar-refractivity contribution >= 4 is 27.5 Å². The third kappa shape index (κ3) is 6.43. The Hall–Kier alpha value is -3.65. The average molecular weight is 466 g/mol. The maximum atomic E-state index is 12.8. The lowest BCUT2D eigenvalue weighted by atomic mass is 10.1. The third-order valence-corrected chi connectivity index (χ3v) is 6.96. The van der Waals surface area contributed by atoms with Crippen LogP contribution in [0.1, 0.15) is 21.5 Å². The van der Waals surface area contributed by atoms with Crippen molar-refractivity contribution in [2.24, 2.45) is 0 Å². The first-order chi connectivity index (χ1) is 15.8. The molecule has 8 heteroatoms. The van der Waals surface area contributed by atoms with Crippen molar-refractivity contribution in [1.29, 1.82) is 0 Å². The molecule has 0 saturated carbocycles. The van der Waals surface area contributed by atoms with Crippen LogP contribution in [0.15, 0.2) is 83.8 Å². The lowest BCUT2D eigenvalue weighted by Crippen LogP contribution is -2.37. The number of nitrogens with zero attached hydrogens (tertiary/aromatic N) is 1. The van der Waals surface area contributed by atoms with Crippen LogP contribution in [-0.4, -0.2) is 40.4 Å². The Balaban J connectivity index is 1.52. The zero-order valence-corrected chi connectivity index (χ0v) is 19.4. The van der Waals surface area contributed by atoms with Crippen LogP contribution >= 0.6 is 0 Å². The molecule has 0 aliphatic carbocycles. The number of carbonyl (C=O) groups excluding carboxylic acids is 2. The summed E-state index contributed by atoms with van der Waals surface area (Å²) in [4.78, 5) is 24.5. The normalized spacial score (nSPS) is 11.0. The second-order valence-electron chi connectivity index (χ2n) is 7.60. The molecule has 0 fully saturated rings. The topological polar surface area (TPSA) is 95.6 Å².